The van der Waals surface area contributed by atoms with Gasteiger partial charge in [-0.1, -0.05) is 0 Å². The number of hydrogen-bond acceptors (Lipinski definition) is 3. The number of Topliss-reactive ketones (excluding diaryl/α,β-unsaturated/α-hetero) is 1. The van der Waals surface area contributed by atoms with Gasteiger partial charge in [0.05, 0.1) is 5.69 Å². The predicted octanol–water partition coefficient (Wildman–Crippen LogP) is 1.05. The van der Waals surface area contributed by atoms with Gasteiger partial charge in [-0.2, -0.15) is 11.3 Å². The lowest BCUT2D eigenvalue weighted by atomic mass is 10.3. The molecule has 0 N–H and O–H groups in total. The highest BCUT2D eigenvalue weighted by Gasteiger charge is 2.30. The van der Waals surface area contributed by atoms with E-state index in [-0.39, 0.29) is 11.7 Å². The maximum absolute atomic E-state index is 11.2. The maximum Gasteiger partial charge on any atom is 0.294 e. The van der Waals surface area contributed by atoms with Crippen LogP contribution in [0.1, 0.15) is 6.42 Å². The molecule has 0 spiro atoms. The molecule has 2 heterocycles. The van der Waals surface area contributed by atoms with Gasteiger partial charge in [-0.05, 0) is 11.4 Å². The Morgan fingerprint density at radius 3 is 2.75 bits per heavy atom. The van der Waals surface area contributed by atoms with E-state index in [1.165, 1.54) is 16.2 Å². The van der Waals surface area contributed by atoms with Crippen LogP contribution in [-0.2, 0) is 9.59 Å². The molecule has 62 valence electrons. The van der Waals surface area contributed by atoms with E-state index < -0.39 is 0 Å². The van der Waals surface area contributed by atoms with Gasteiger partial charge in [0.25, 0.3) is 5.91 Å². The zero-order chi connectivity index (χ0) is 8.55. The average molecular weight is 181 g/mol. The molecule has 12 heavy (non-hydrogen) atoms. The fraction of sp³-hybridized carbons (Fsp3) is 0.250. The third-order valence-corrected chi connectivity index (χ3v) is 2.53. The normalized spacial score (nSPS) is 17.5. The molecule has 0 unspecified atom stereocenters. The van der Waals surface area contributed by atoms with E-state index in [0.29, 0.717) is 13.0 Å². The van der Waals surface area contributed by atoms with Crippen molar-refractivity contribution >= 4 is 28.7 Å². The highest BCUT2D eigenvalue weighted by atomic mass is 32.1. The van der Waals surface area contributed by atoms with Gasteiger partial charge in [0, 0.05) is 18.3 Å². The lowest BCUT2D eigenvalue weighted by molar-refractivity contribution is -0.133. The molecule has 0 aromatic carbocycles. The van der Waals surface area contributed by atoms with Crippen LogP contribution in [0.5, 0.6) is 0 Å². The lowest BCUT2D eigenvalue weighted by Crippen LogP contribution is -2.26. The van der Waals surface area contributed by atoms with E-state index in [9.17, 15) is 9.59 Å². The van der Waals surface area contributed by atoms with Crippen molar-refractivity contribution in [2.45, 2.75) is 6.42 Å². The van der Waals surface area contributed by atoms with Crippen LogP contribution in [0.2, 0.25) is 0 Å². The van der Waals surface area contributed by atoms with Crippen molar-refractivity contribution in [2.24, 2.45) is 0 Å². The summed E-state index contributed by atoms with van der Waals surface area (Å²) in [6, 6.07) is 1.85. The smallest absolute Gasteiger partial charge is 0.294 e. The Hall–Kier alpha value is -1.16. The van der Waals surface area contributed by atoms with Crippen molar-refractivity contribution < 1.29 is 9.59 Å². The summed E-state index contributed by atoms with van der Waals surface area (Å²) in [5.74, 6) is -0.644. The van der Waals surface area contributed by atoms with E-state index in [1.54, 1.807) is 0 Å². The number of anilines is 1. The zero-order valence-electron chi connectivity index (χ0n) is 6.32. The van der Waals surface area contributed by atoms with Crippen molar-refractivity contribution in [3.63, 3.8) is 0 Å². The Morgan fingerprint density at radius 2 is 2.25 bits per heavy atom. The van der Waals surface area contributed by atoms with E-state index in [4.69, 9.17) is 0 Å². The molecular formula is C8H7NO2S. The van der Waals surface area contributed by atoms with Gasteiger partial charge >= 0.3 is 0 Å². The fourth-order valence-electron chi connectivity index (χ4n) is 1.23. The Kier molecular flexibility index (Phi) is 1.69. The highest BCUT2D eigenvalue weighted by Crippen LogP contribution is 2.21. The number of rotatable bonds is 1. The summed E-state index contributed by atoms with van der Waals surface area (Å²) in [5, 5.41) is 3.77. The van der Waals surface area contributed by atoms with Gasteiger partial charge in [-0.15, -0.1) is 0 Å². The summed E-state index contributed by atoms with van der Waals surface area (Å²) >= 11 is 1.52. The molecule has 1 aliphatic rings. The van der Waals surface area contributed by atoms with Gasteiger partial charge in [-0.3, -0.25) is 9.59 Å². The summed E-state index contributed by atoms with van der Waals surface area (Å²) in [5.41, 5.74) is 0.843. The molecule has 1 saturated heterocycles. The van der Waals surface area contributed by atoms with Crippen LogP contribution in [0.3, 0.4) is 0 Å². The molecular weight excluding hydrogens is 174 g/mol. The number of carbonyl (C=O) groups excluding carboxylic acids is 2. The van der Waals surface area contributed by atoms with Crippen LogP contribution in [-0.4, -0.2) is 18.2 Å². The Bertz CT molecular complexity index is 318. The second-order valence-corrected chi connectivity index (χ2v) is 3.39. The number of nitrogens with zero attached hydrogens (tertiary/aromatic N) is 1. The van der Waals surface area contributed by atoms with Crippen LogP contribution in [0.15, 0.2) is 16.8 Å². The predicted molar refractivity (Wildman–Crippen MR) is 46.3 cm³/mol. The molecule has 1 fully saturated rings. The van der Waals surface area contributed by atoms with Crippen molar-refractivity contribution in [2.75, 3.05) is 11.4 Å². The van der Waals surface area contributed by atoms with Gasteiger partial charge < -0.3 is 4.90 Å². The van der Waals surface area contributed by atoms with Gasteiger partial charge in [-0.25, -0.2) is 0 Å². The molecule has 1 aromatic heterocycles. The molecule has 0 atom stereocenters. The molecule has 4 heteroatoms. The van der Waals surface area contributed by atoms with Crippen molar-refractivity contribution in [1.29, 1.82) is 0 Å². The van der Waals surface area contributed by atoms with Crippen molar-refractivity contribution in [1.82, 2.24) is 0 Å². The van der Waals surface area contributed by atoms with Crippen LogP contribution >= 0.6 is 11.3 Å². The minimum Gasteiger partial charge on any atom is -0.305 e. The summed E-state index contributed by atoms with van der Waals surface area (Å²) < 4.78 is 0. The SMILES string of the molecule is O=C1CCN(c2ccsc2)C1=O. The molecule has 0 bridgehead atoms. The number of amides is 1. The standard InChI is InChI=1S/C8H7NO2S/c10-7-1-3-9(8(7)11)6-2-4-12-5-6/h2,4-5H,1,3H2. The van der Waals surface area contributed by atoms with Crippen LogP contribution in [0.4, 0.5) is 5.69 Å². The summed E-state index contributed by atoms with van der Waals surface area (Å²) in [7, 11) is 0. The summed E-state index contributed by atoms with van der Waals surface area (Å²) in [6.07, 6.45) is 0.356. The number of carbonyl (C=O) groups is 2. The summed E-state index contributed by atoms with van der Waals surface area (Å²) in [6.45, 7) is 0.536. The topological polar surface area (TPSA) is 37.4 Å². The minimum atomic E-state index is -0.367. The van der Waals surface area contributed by atoms with Crippen molar-refractivity contribution in [3.8, 4) is 0 Å². The fourth-order valence-corrected chi connectivity index (χ4v) is 1.87. The monoisotopic (exact) mass is 181 g/mol. The molecule has 1 aromatic rings. The van der Waals surface area contributed by atoms with Crippen molar-refractivity contribution in [3.05, 3.63) is 16.8 Å². The zero-order valence-corrected chi connectivity index (χ0v) is 7.13. The molecule has 2 rings (SSSR count). The molecule has 0 aliphatic carbocycles. The first-order chi connectivity index (χ1) is 5.79. The quantitative estimate of drug-likeness (QED) is 0.607. The Balaban J connectivity index is 2.27. The number of thiophene rings is 1. The molecule has 1 amide bonds. The van der Waals surface area contributed by atoms with Crippen LogP contribution in [0.25, 0.3) is 0 Å². The average Bonchev–Trinajstić information content (AvgIpc) is 2.64. The minimum absolute atomic E-state index is 0.277. The first-order valence-corrected chi connectivity index (χ1v) is 4.60. The molecule has 0 saturated carbocycles. The Morgan fingerprint density at radius 1 is 1.42 bits per heavy atom. The van der Waals surface area contributed by atoms with Gasteiger partial charge in [0.2, 0.25) is 5.78 Å². The Labute approximate surface area is 73.6 Å². The number of hydrogen-bond donors (Lipinski definition) is 0. The first kappa shape index (κ1) is 7.49. The van der Waals surface area contributed by atoms with Crippen LogP contribution < -0.4 is 4.90 Å². The molecule has 1 aliphatic heterocycles. The molecule has 3 nitrogen and oxygen atoms in total. The largest absolute Gasteiger partial charge is 0.305 e. The maximum atomic E-state index is 11.2. The lowest BCUT2D eigenvalue weighted by Gasteiger charge is -2.10. The van der Waals surface area contributed by atoms with E-state index in [2.05, 4.69) is 0 Å². The van der Waals surface area contributed by atoms with Gasteiger partial charge in [0.15, 0.2) is 0 Å². The first-order valence-electron chi connectivity index (χ1n) is 3.66. The molecule has 0 radical (unpaired) electrons. The van der Waals surface area contributed by atoms with E-state index in [0.717, 1.165) is 5.69 Å². The van der Waals surface area contributed by atoms with E-state index in [1.807, 2.05) is 16.8 Å². The highest BCUT2D eigenvalue weighted by molar-refractivity contribution is 7.08. The van der Waals surface area contributed by atoms with Crippen LogP contribution in [0, 0.1) is 0 Å². The summed E-state index contributed by atoms with van der Waals surface area (Å²) in [4.78, 5) is 23.6. The second-order valence-electron chi connectivity index (χ2n) is 2.61. The van der Waals surface area contributed by atoms with E-state index >= 15 is 0 Å². The second kappa shape index (κ2) is 2.71. The number of ketones is 1. The third kappa shape index (κ3) is 1.04. The van der Waals surface area contributed by atoms with Gasteiger partial charge in [0.1, 0.15) is 0 Å². The third-order valence-electron chi connectivity index (χ3n) is 1.86.